The maximum atomic E-state index is 8.34. The maximum Gasteiger partial charge on any atom is 0.184 e. The zero-order chi connectivity index (χ0) is 12.4. The number of azide groups is 1. The van der Waals surface area contributed by atoms with Gasteiger partial charge in [-0.2, -0.15) is 0 Å². The summed E-state index contributed by atoms with van der Waals surface area (Å²) in [4.78, 5) is 2.81. The highest BCUT2D eigenvalue weighted by molar-refractivity contribution is 6.69. The Hall–Kier alpha value is -0.513. The van der Waals surface area contributed by atoms with Crippen LogP contribution in [-0.4, -0.2) is 21.0 Å². The first-order valence-electron chi connectivity index (χ1n) is 6.18. The predicted molar refractivity (Wildman–Crippen MR) is 71.0 cm³/mol. The second-order valence-corrected chi connectivity index (χ2v) is 9.58. The lowest BCUT2D eigenvalue weighted by Gasteiger charge is -2.25. The van der Waals surface area contributed by atoms with Gasteiger partial charge in [-0.25, -0.2) is 0 Å². The van der Waals surface area contributed by atoms with Crippen LogP contribution in [0.1, 0.15) is 39.0 Å². The second-order valence-electron chi connectivity index (χ2n) is 5.12. The van der Waals surface area contributed by atoms with Crippen molar-refractivity contribution in [1.29, 1.82) is 0 Å². The molecule has 0 aliphatic heterocycles. The molecule has 0 aromatic rings. The van der Waals surface area contributed by atoms with Crippen LogP contribution in [0.5, 0.6) is 0 Å². The van der Waals surface area contributed by atoms with Crippen molar-refractivity contribution in [2.45, 2.75) is 64.8 Å². The summed E-state index contributed by atoms with van der Waals surface area (Å²) in [5, 5.41) is 3.63. The van der Waals surface area contributed by atoms with Crippen LogP contribution in [0.25, 0.3) is 10.4 Å². The Morgan fingerprint density at radius 2 is 1.94 bits per heavy atom. The molecule has 0 aromatic heterocycles. The van der Waals surface area contributed by atoms with Crippen molar-refractivity contribution < 1.29 is 4.43 Å². The molecule has 0 heterocycles. The number of rotatable bonds is 9. The van der Waals surface area contributed by atoms with Gasteiger partial charge in [0.2, 0.25) is 0 Å². The molecule has 1 unspecified atom stereocenters. The highest BCUT2D eigenvalue weighted by Crippen LogP contribution is 2.14. The third-order valence-corrected chi connectivity index (χ3v) is 3.29. The summed E-state index contributed by atoms with van der Waals surface area (Å²) in [5.74, 6) is 0. The summed E-state index contributed by atoms with van der Waals surface area (Å²) < 4.78 is 5.99. The molecule has 94 valence electrons. The molecule has 0 aliphatic rings. The van der Waals surface area contributed by atoms with Crippen molar-refractivity contribution in [3.63, 3.8) is 0 Å². The highest BCUT2D eigenvalue weighted by Gasteiger charge is 2.20. The van der Waals surface area contributed by atoms with Crippen LogP contribution in [-0.2, 0) is 4.43 Å². The van der Waals surface area contributed by atoms with Gasteiger partial charge in [-0.3, -0.25) is 0 Å². The highest BCUT2D eigenvalue weighted by atomic mass is 28.4. The SMILES string of the molecule is CCCCCCC(CN=[N+]=[N-])O[Si](C)(C)C. The van der Waals surface area contributed by atoms with Crippen LogP contribution >= 0.6 is 0 Å². The van der Waals surface area contributed by atoms with E-state index in [4.69, 9.17) is 9.96 Å². The first kappa shape index (κ1) is 15.5. The van der Waals surface area contributed by atoms with Crippen LogP contribution in [0.3, 0.4) is 0 Å². The van der Waals surface area contributed by atoms with Gasteiger partial charge in [0, 0.05) is 4.91 Å². The van der Waals surface area contributed by atoms with E-state index in [0.29, 0.717) is 6.54 Å². The monoisotopic (exact) mass is 243 g/mol. The molecule has 0 saturated carbocycles. The van der Waals surface area contributed by atoms with Crippen molar-refractivity contribution in [2.75, 3.05) is 6.54 Å². The quantitative estimate of drug-likeness (QED) is 0.193. The molecule has 0 spiro atoms. The molecular formula is C11H25N3OSi. The number of hydrogen-bond donors (Lipinski definition) is 0. The average Bonchev–Trinajstić information content (AvgIpc) is 2.18. The van der Waals surface area contributed by atoms with Gasteiger partial charge in [0.25, 0.3) is 0 Å². The van der Waals surface area contributed by atoms with E-state index >= 15 is 0 Å². The van der Waals surface area contributed by atoms with E-state index in [1.165, 1.54) is 25.7 Å². The molecule has 0 fully saturated rings. The van der Waals surface area contributed by atoms with Crippen LogP contribution < -0.4 is 0 Å². The van der Waals surface area contributed by atoms with Gasteiger partial charge < -0.3 is 4.43 Å². The third kappa shape index (κ3) is 10.0. The molecule has 0 saturated heterocycles. The summed E-state index contributed by atoms with van der Waals surface area (Å²) >= 11 is 0. The molecule has 1 atom stereocenters. The van der Waals surface area contributed by atoms with Crippen molar-refractivity contribution in [3.05, 3.63) is 10.4 Å². The van der Waals surface area contributed by atoms with Crippen LogP contribution in [0.2, 0.25) is 19.6 Å². The number of unbranched alkanes of at least 4 members (excludes halogenated alkanes) is 3. The number of nitrogens with zero attached hydrogens (tertiary/aromatic N) is 3. The second kappa shape index (κ2) is 8.62. The van der Waals surface area contributed by atoms with E-state index in [-0.39, 0.29) is 6.10 Å². The fourth-order valence-corrected chi connectivity index (χ4v) is 2.81. The van der Waals surface area contributed by atoms with E-state index in [1.54, 1.807) is 0 Å². The topological polar surface area (TPSA) is 58.0 Å². The summed E-state index contributed by atoms with van der Waals surface area (Å²) in [6.07, 6.45) is 6.09. The fraction of sp³-hybridized carbons (Fsp3) is 1.00. The lowest BCUT2D eigenvalue weighted by molar-refractivity contribution is 0.187. The molecule has 0 aliphatic carbocycles. The summed E-state index contributed by atoms with van der Waals surface area (Å²) in [7, 11) is -1.52. The summed E-state index contributed by atoms with van der Waals surface area (Å²) in [5.41, 5.74) is 8.34. The lowest BCUT2D eigenvalue weighted by Crippen LogP contribution is -2.33. The molecule has 0 aromatic carbocycles. The van der Waals surface area contributed by atoms with Crippen molar-refractivity contribution in [3.8, 4) is 0 Å². The number of hydrogen-bond acceptors (Lipinski definition) is 2. The minimum Gasteiger partial charge on any atom is -0.415 e. The molecule has 0 N–H and O–H groups in total. The fourth-order valence-electron chi connectivity index (χ4n) is 1.61. The summed E-state index contributed by atoms with van der Waals surface area (Å²) in [6, 6.07) is 0. The Morgan fingerprint density at radius 1 is 1.25 bits per heavy atom. The van der Waals surface area contributed by atoms with Crippen LogP contribution in [0.15, 0.2) is 5.11 Å². The molecule has 0 bridgehead atoms. The van der Waals surface area contributed by atoms with E-state index in [1.807, 2.05) is 0 Å². The third-order valence-electron chi connectivity index (χ3n) is 2.25. The lowest BCUT2D eigenvalue weighted by atomic mass is 10.1. The van der Waals surface area contributed by atoms with E-state index < -0.39 is 8.32 Å². The van der Waals surface area contributed by atoms with Gasteiger partial charge in [-0.15, -0.1) is 0 Å². The molecule has 5 heteroatoms. The minimum atomic E-state index is -1.52. The standard InChI is InChI=1S/C11H25N3OSi/c1-5-6-7-8-9-11(10-13-14-12)15-16(2,3)4/h11H,5-10H2,1-4H3. The van der Waals surface area contributed by atoms with E-state index in [0.717, 1.165) is 6.42 Å². The van der Waals surface area contributed by atoms with Gasteiger partial charge >= 0.3 is 0 Å². The van der Waals surface area contributed by atoms with Gasteiger partial charge in [0.15, 0.2) is 8.32 Å². The van der Waals surface area contributed by atoms with Gasteiger partial charge in [-0.1, -0.05) is 37.7 Å². The molecule has 0 amide bonds. The van der Waals surface area contributed by atoms with Gasteiger partial charge in [0.1, 0.15) is 0 Å². The first-order chi connectivity index (χ1) is 7.49. The van der Waals surface area contributed by atoms with Crippen LogP contribution in [0.4, 0.5) is 0 Å². The predicted octanol–water partition coefficient (Wildman–Crippen LogP) is 4.49. The van der Waals surface area contributed by atoms with Crippen LogP contribution in [0, 0.1) is 0 Å². The smallest absolute Gasteiger partial charge is 0.184 e. The Morgan fingerprint density at radius 3 is 2.44 bits per heavy atom. The molecular weight excluding hydrogens is 218 g/mol. The zero-order valence-corrected chi connectivity index (χ0v) is 12.1. The maximum absolute atomic E-state index is 8.34. The zero-order valence-electron chi connectivity index (χ0n) is 11.1. The molecule has 0 radical (unpaired) electrons. The molecule has 16 heavy (non-hydrogen) atoms. The van der Waals surface area contributed by atoms with Gasteiger partial charge in [0.05, 0.1) is 12.6 Å². The van der Waals surface area contributed by atoms with Crippen molar-refractivity contribution in [2.24, 2.45) is 5.11 Å². The van der Waals surface area contributed by atoms with E-state index in [9.17, 15) is 0 Å². The Kier molecular flexibility index (Phi) is 8.34. The molecule has 4 nitrogen and oxygen atoms in total. The summed E-state index contributed by atoms with van der Waals surface area (Å²) in [6.45, 7) is 9.19. The Bertz CT molecular complexity index is 222. The van der Waals surface area contributed by atoms with Gasteiger partial charge in [-0.05, 0) is 31.6 Å². The minimum absolute atomic E-state index is 0.124. The molecule has 0 rings (SSSR count). The first-order valence-corrected chi connectivity index (χ1v) is 9.59. The van der Waals surface area contributed by atoms with Crippen molar-refractivity contribution >= 4 is 8.32 Å². The van der Waals surface area contributed by atoms with E-state index in [2.05, 4.69) is 36.6 Å². The normalized spacial score (nSPS) is 13.2. The average molecular weight is 243 g/mol. The Labute approximate surface area is 100 Å². The Balaban J connectivity index is 3.95. The van der Waals surface area contributed by atoms with Crippen molar-refractivity contribution in [1.82, 2.24) is 0 Å². The largest absolute Gasteiger partial charge is 0.415 e.